The zero-order chi connectivity index (χ0) is 20.7. The second-order valence-electron chi connectivity index (χ2n) is 6.61. The maximum absolute atomic E-state index is 7.95. The predicted octanol–water partition coefficient (Wildman–Crippen LogP) is 1.32. The molecule has 1 atom stereocenters. The smallest absolute Gasteiger partial charge is 0.208 e. The minimum absolute atomic E-state index is 0.00261. The third-order valence-electron chi connectivity index (χ3n) is 3.48. The van der Waals surface area contributed by atoms with Gasteiger partial charge in [0.25, 0.3) is 0 Å². The zero-order valence-corrected chi connectivity index (χ0v) is 16.8. The lowest BCUT2D eigenvalue weighted by molar-refractivity contribution is 0.0225. The number of amidine groups is 2. The molecule has 0 spiro atoms. The first kappa shape index (κ1) is 21.2. The van der Waals surface area contributed by atoms with E-state index in [0.717, 1.165) is 22.8 Å². The lowest BCUT2D eigenvalue weighted by atomic mass is 10.2. The molecule has 2 heterocycles. The van der Waals surface area contributed by atoms with Gasteiger partial charge in [0.05, 0.1) is 6.61 Å². The van der Waals surface area contributed by atoms with Crippen molar-refractivity contribution in [1.82, 2.24) is 25.4 Å². The summed E-state index contributed by atoms with van der Waals surface area (Å²) in [6, 6.07) is 3.69. The van der Waals surface area contributed by atoms with Gasteiger partial charge in [-0.3, -0.25) is 10.2 Å². The summed E-state index contributed by atoms with van der Waals surface area (Å²) < 4.78 is 0. The quantitative estimate of drug-likeness (QED) is 0.350. The maximum atomic E-state index is 7.95. The highest BCUT2D eigenvalue weighted by molar-refractivity contribution is 5.93. The minimum atomic E-state index is -0.00542. The van der Waals surface area contributed by atoms with Crippen molar-refractivity contribution in [3.63, 3.8) is 0 Å². The Balaban J connectivity index is 1.76. The van der Waals surface area contributed by atoms with Crippen molar-refractivity contribution in [2.24, 2.45) is 16.8 Å². The monoisotopic (exact) mass is 386 g/mol. The van der Waals surface area contributed by atoms with E-state index < -0.39 is 0 Å². The van der Waals surface area contributed by atoms with Crippen molar-refractivity contribution >= 4 is 11.7 Å². The van der Waals surface area contributed by atoms with Crippen LogP contribution in [0.3, 0.4) is 0 Å². The number of hydrogen-bond donors (Lipinski definition) is 3. The fourth-order valence-electron chi connectivity index (χ4n) is 2.30. The molecule has 28 heavy (non-hydrogen) atoms. The Labute approximate surface area is 164 Å². The van der Waals surface area contributed by atoms with Gasteiger partial charge in [0.2, 0.25) is 5.84 Å². The molecule has 0 saturated carbocycles. The Morgan fingerprint density at radius 1 is 1.00 bits per heavy atom. The number of aromatic nitrogens is 4. The molecule has 2 aromatic rings. The van der Waals surface area contributed by atoms with Gasteiger partial charge in [-0.15, -0.1) is 0 Å². The van der Waals surface area contributed by atoms with Crippen molar-refractivity contribution in [1.29, 1.82) is 5.41 Å². The highest BCUT2D eigenvalue weighted by Crippen LogP contribution is 2.02. The number of nitrogens with two attached hydrogens (primary N) is 1. The van der Waals surface area contributed by atoms with E-state index in [1.54, 1.807) is 0 Å². The Kier molecular flexibility index (Phi) is 7.33. The van der Waals surface area contributed by atoms with Gasteiger partial charge in [-0.25, -0.2) is 25.4 Å². The first-order chi connectivity index (χ1) is 13.2. The van der Waals surface area contributed by atoms with Crippen molar-refractivity contribution in [2.75, 3.05) is 13.2 Å². The molecule has 0 saturated heterocycles. The average Bonchev–Trinajstić information content (AvgIpc) is 2.59. The van der Waals surface area contributed by atoms with Gasteiger partial charge in [-0.05, 0) is 39.8 Å². The van der Waals surface area contributed by atoms with E-state index in [1.807, 2.05) is 46.8 Å². The van der Waals surface area contributed by atoms with Crippen LogP contribution < -0.4 is 11.2 Å². The van der Waals surface area contributed by atoms with Crippen LogP contribution in [0.1, 0.15) is 41.3 Å². The van der Waals surface area contributed by atoms with Gasteiger partial charge in [0.1, 0.15) is 6.61 Å². The largest absolute Gasteiger partial charge is 0.394 e. The van der Waals surface area contributed by atoms with Crippen LogP contribution in [0.4, 0.5) is 0 Å². The molecule has 0 aliphatic carbocycles. The molecular weight excluding hydrogens is 360 g/mol. The van der Waals surface area contributed by atoms with Crippen molar-refractivity contribution < 1.29 is 9.68 Å². The van der Waals surface area contributed by atoms with Crippen molar-refractivity contribution in [2.45, 2.75) is 34.6 Å². The van der Waals surface area contributed by atoms with Gasteiger partial charge in [-0.1, -0.05) is 12.1 Å². The van der Waals surface area contributed by atoms with E-state index >= 15 is 0 Å². The van der Waals surface area contributed by atoms with Gasteiger partial charge in [0, 0.05) is 28.7 Å². The van der Waals surface area contributed by atoms with Gasteiger partial charge in [0.15, 0.2) is 17.5 Å². The molecule has 0 aliphatic heterocycles. The van der Waals surface area contributed by atoms with E-state index in [2.05, 4.69) is 30.6 Å². The normalized spacial score (nSPS) is 12.5. The van der Waals surface area contributed by atoms with Crippen LogP contribution in [0.15, 0.2) is 17.3 Å². The number of oxime groups is 1. The Morgan fingerprint density at radius 3 is 2.04 bits per heavy atom. The number of nitrogens with zero attached hydrogens (tertiary/aromatic N) is 5. The zero-order valence-electron chi connectivity index (χ0n) is 16.8. The summed E-state index contributed by atoms with van der Waals surface area (Å²) in [7, 11) is 0. The fraction of sp³-hybridized carbons (Fsp3) is 0.444. The molecule has 0 aliphatic rings. The topological polar surface area (TPSA) is 144 Å². The van der Waals surface area contributed by atoms with Crippen molar-refractivity contribution in [3.8, 4) is 0 Å². The first-order valence-corrected chi connectivity index (χ1v) is 8.81. The average molecular weight is 386 g/mol. The Hall–Kier alpha value is -3.14. The molecule has 150 valence electrons. The van der Waals surface area contributed by atoms with Crippen LogP contribution in [0, 0.1) is 39.0 Å². The molecule has 10 heteroatoms. The number of hydroxylamine groups is 1. The third-order valence-corrected chi connectivity index (χ3v) is 3.48. The maximum Gasteiger partial charge on any atom is 0.208 e. The van der Waals surface area contributed by atoms with Crippen LogP contribution in [0.2, 0.25) is 0 Å². The first-order valence-electron chi connectivity index (χ1n) is 8.81. The third kappa shape index (κ3) is 6.54. The molecule has 0 radical (unpaired) electrons. The van der Waals surface area contributed by atoms with E-state index in [1.165, 1.54) is 0 Å². The van der Waals surface area contributed by atoms with Gasteiger partial charge >= 0.3 is 0 Å². The number of rotatable bonds is 8. The summed E-state index contributed by atoms with van der Waals surface area (Å²) in [6.45, 7) is 9.90. The summed E-state index contributed by atoms with van der Waals surface area (Å²) in [5.74, 6) is 0.732. The number of nitrogens with one attached hydrogen (secondary N) is 2. The summed E-state index contributed by atoms with van der Waals surface area (Å²) >= 11 is 0. The highest BCUT2D eigenvalue weighted by Gasteiger charge is 2.10. The van der Waals surface area contributed by atoms with Crippen molar-refractivity contribution in [3.05, 3.63) is 46.6 Å². The minimum Gasteiger partial charge on any atom is -0.394 e. The van der Waals surface area contributed by atoms with E-state index in [9.17, 15) is 0 Å². The van der Waals surface area contributed by atoms with E-state index in [4.69, 9.17) is 20.8 Å². The summed E-state index contributed by atoms with van der Waals surface area (Å²) in [6.07, 6.45) is 0. The summed E-state index contributed by atoms with van der Waals surface area (Å²) in [5.41, 5.74) is 11.6. The Morgan fingerprint density at radius 2 is 1.50 bits per heavy atom. The van der Waals surface area contributed by atoms with E-state index in [0.29, 0.717) is 12.4 Å². The lowest BCUT2D eigenvalue weighted by Gasteiger charge is -2.12. The van der Waals surface area contributed by atoms with Crippen LogP contribution in [-0.4, -0.2) is 44.8 Å². The number of aryl methyl sites for hydroxylation is 4. The van der Waals surface area contributed by atoms with Crippen LogP contribution in [0.5, 0.6) is 0 Å². The molecule has 2 rings (SSSR count). The summed E-state index contributed by atoms with van der Waals surface area (Å²) in [5, 5.41) is 11.8. The van der Waals surface area contributed by atoms with Crippen LogP contribution in [0.25, 0.3) is 0 Å². The predicted molar refractivity (Wildman–Crippen MR) is 105 cm³/mol. The van der Waals surface area contributed by atoms with Crippen LogP contribution in [-0.2, 0) is 9.68 Å². The molecule has 10 nitrogen and oxygen atoms in total. The second-order valence-corrected chi connectivity index (χ2v) is 6.61. The molecule has 0 bridgehead atoms. The summed E-state index contributed by atoms with van der Waals surface area (Å²) in [4.78, 5) is 27.4. The van der Waals surface area contributed by atoms with Gasteiger partial charge in [-0.2, -0.15) is 0 Å². The molecular formula is C18H26N8O2. The molecule has 2 aromatic heterocycles. The van der Waals surface area contributed by atoms with Gasteiger partial charge < -0.3 is 10.6 Å². The van der Waals surface area contributed by atoms with Crippen LogP contribution >= 0.6 is 0 Å². The van der Waals surface area contributed by atoms with E-state index in [-0.39, 0.29) is 30.0 Å². The standard InChI is InChI=1S/C18H26N8O2/c1-10(8-27-25-15(19)17-21-11(2)6-12(3)22-17)9-28-26-16(20)18-23-13(4)7-14(5)24-18/h6-7,10H,8-9H2,1-5H3,(H2,19,25)(H2,20,26). The molecule has 1 unspecified atom stereocenters. The molecule has 0 fully saturated rings. The Bertz CT molecular complexity index is 828. The fourth-order valence-corrected chi connectivity index (χ4v) is 2.30. The number of hydrogen-bond acceptors (Lipinski definition) is 8. The molecule has 0 amide bonds. The SMILES string of the molecule is Cc1cc(C)nc(C(=N)NOCC(C)CO/N=C(\N)c2nc(C)cc(C)n2)n1. The highest BCUT2D eigenvalue weighted by atomic mass is 16.7. The molecule has 0 aromatic carbocycles. The molecule has 4 N–H and O–H groups in total. The second kappa shape index (κ2) is 9.70. The lowest BCUT2D eigenvalue weighted by Crippen LogP contribution is -2.29.